The minimum Gasteiger partial charge on any atom is -0.495 e. The Kier molecular flexibility index (Phi) is 4.06. The molecule has 0 radical (unpaired) electrons. The lowest BCUT2D eigenvalue weighted by molar-refractivity contribution is 0.215. The summed E-state index contributed by atoms with van der Waals surface area (Å²) in [7, 11) is 1.72. The average molecular weight is 288 g/mol. The molecule has 1 fully saturated rings. The Morgan fingerprint density at radius 3 is 2.62 bits per heavy atom. The summed E-state index contributed by atoms with van der Waals surface area (Å²) in [6.07, 6.45) is 0. The highest BCUT2D eigenvalue weighted by atomic mass is 16.5. The number of methoxy groups -OCH3 is 1. The van der Waals surface area contributed by atoms with Crippen molar-refractivity contribution in [3.8, 4) is 5.75 Å². The molecule has 1 aromatic heterocycles. The average Bonchev–Trinajstić information content (AvgIpc) is 2.93. The number of rotatable bonds is 4. The van der Waals surface area contributed by atoms with E-state index in [2.05, 4.69) is 26.0 Å². The lowest BCUT2D eigenvalue weighted by Gasteiger charge is -2.35. The lowest BCUT2D eigenvalue weighted by atomic mass is 10.2. The van der Waals surface area contributed by atoms with Gasteiger partial charge in [0.1, 0.15) is 5.75 Å². The zero-order chi connectivity index (χ0) is 14.7. The third-order valence-electron chi connectivity index (χ3n) is 3.73. The number of hydrogen-bond acceptors (Lipinski definition) is 6. The van der Waals surface area contributed by atoms with Crippen LogP contribution >= 0.6 is 0 Å². The van der Waals surface area contributed by atoms with Gasteiger partial charge in [0.2, 0.25) is 5.89 Å². The molecule has 0 N–H and O–H groups in total. The summed E-state index contributed by atoms with van der Waals surface area (Å²) in [4.78, 5) is 8.94. The maximum atomic E-state index is 5.44. The van der Waals surface area contributed by atoms with Gasteiger partial charge in [-0.05, 0) is 19.1 Å². The van der Waals surface area contributed by atoms with Gasteiger partial charge in [0.05, 0.1) is 19.3 Å². The topological polar surface area (TPSA) is 54.6 Å². The summed E-state index contributed by atoms with van der Waals surface area (Å²) < 4.78 is 10.6. The third kappa shape index (κ3) is 3.16. The summed E-state index contributed by atoms with van der Waals surface area (Å²) in [5.41, 5.74) is 1.16. The minimum absolute atomic E-state index is 0.692. The lowest BCUT2D eigenvalue weighted by Crippen LogP contribution is -2.46. The molecule has 0 unspecified atom stereocenters. The van der Waals surface area contributed by atoms with Gasteiger partial charge in [-0.15, -0.1) is 0 Å². The predicted molar refractivity (Wildman–Crippen MR) is 79.5 cm³/mol. The first-order valence-corrected chi connectivity index (χ1v) is 7.16. The van der Waals surface area contributed by atoms with Gasteiger partial charge < -0.3 is 14.2 Å². The van der Waals surface area contributed by atoms with Crippen molar-refractivity contribution in [3.05, 3.63) is 36.0 Å². The van der Waals surface area contributed by atoms with Gasteiger partial charge in [-0.25, -0.2) is 0 Å². The second-order valence-electron chi connectivity index (χ2n) is 5.17. The van der Waals surface area contributed by atoms with Crippen molar-refractivity contribution in [2.24, 2.45) is 0 Å². The molecule has 1 aliphatic heterocycles. The quantitative estimate of drug-likeness (QED) is 0.853. The van der Waals surface area contributed by atoms with Crippen LogP contribution < -0.4 is 9.64 Å². The fourth-order valence-corrected chi connectivity index (χ4v) is 2.63. The molecular weight excluding hydrogens is 268 g/mol. The molecule has 6 heteroatoms. The van der Waals surface area contributed by atoms with Crippen molar-refractivity contribution in [1.82, 2.24) is 15.0 Å². The van der Waals surface area contributed by atoms with Crippen LogP contribution in [-0.4, -0.2) is 48.3 Å². The van der Waals surface area contributed by atoms with Crippen LogP contribution in [0.5, 0.6) is 5.75 Å². The van der Waals surface area contributed by atoms with E-state index in [1.165, 1.54) is 0 Å². The number of benzene rings is 1. The zero-order valence-electron chi connectivity index (χ0n) is 12.5. The second-order valence-corrected chi connectivity index (χ2v) is 5.17. The monoisotopic (exact) mass is 288 g/mol. The molecule has 2 aromatic rings. The van der Waals surface area contributed by atoms with Crippen LogP contribution in [0.2, 0.25) is 0 Å². The molecule has 0 atom stereocenters. The number of hydrogen-bond donors (Lipinski definition) is 0. The van der Waals surface area contributed by atoms with E-state index in [1.54, 1.807) is 7.11 Å². The number of nitrogens with zero attached hydrogens (tertiary/aromatic N) is 4. The Hall–Kier alpha value is -2.08. The van der Waals surface area contributed by atoms with Crippen molar-refractivity contribution >= 4 is 5.69 Å². The maximum absolute atomic E-state index is 5.44. The first kappa shape index (κ1) is 13.9. The predicted octanol–water partition coefficient (Wildman–Crippen LogP) is 1.71. The molecule has 0 bridgehead atoms. The molecule has 0 amide bonds. The van der Waals surface area contributed by atoms with Gasteiger partial charge in [-0.1, -0.05) is 17.3 Å². The molecule has 0 spiro atoms. The molecule has 21 heavy (non-hydrogen) atoms. The van der Waals surface area contributed by atoms with E-state index in [-0.39, 0.29) is 0 Å². The van der Waals surface area contributed by atoms with Crippen LogP contribution in [0.25, 0.3) is 0 Å². The van der Waals surface area contributed by atoms with Crippen molar-refractivity contribution < 1.29 is 9.26 Å². The smallest absolute Gasteiger partial charge is 0.240 e. The Labute approximate surface area is 124 Å². The second kappa shape index (κ2) is 6.13. The summed E-state index contributed by atoms with van der Waals surface area (Å²) in [5, 5.41) is 3.83. The van der Waals surface area contributed by atoms with E-state index in [1.807, 2.05) is 25.1 Å². The van der Waals surface area contributed by atoms with E-state index in [0.29, 0.717) is 11.7 Å². The number of aryl methyl sites for hydroxylation is 1. The van der Waals surface area contributed by atoms with Crippen molar-refractivity contribution in [3.63, 3.8) is 0 Å². The van der Waals surface area contributed by atoms with Crippen molar-refractivity contribution in [2.45, 2.75) is 13.5 Å². The van der Waals surface area contributed by atoms with Crippen molar-refractivity contribution in [2.75, 3.05) is 38.2 Å². The molecule has 2 heterocycles. The highest BCUT2D eigenvalue weighted by molar-refractivity contribution is 5.58. The number of piperazine rings is 1. The first-order chi connectivity index (χ1) is 10.3. The van der Waals surface area contributed by atoms with Crippen LogP contribution in [0.3, 0.4) is 0 Å². The van der Waals surface area contributed by atoms with Gasteiger partial charge in [-0.2, -0.15) is 4.98 Å². The molecule has 112 valence electrons. The van der Waals surface area contributed by atoms with Gasteiger partial charge in [0, 0.05) is 26.2 Å². The summed E-state index contributed by atoms with van der Waals surface area (Å²) in [6.45, 7) is 6.44. The van der Waals surface area contributed by atoms with E-state index in [4.69, 9.17) is 9.26 Å². The SMILES string of the molecule is COc1ccccc1N1CCN(Cc2nc(C)no2)CC1. The largest absolute Gasteiger partial charge is 0.495 e. The van der Waals surface area contributed by atoms with Crippen LogP contribution in [-0.2, 0) is 6.54 Å². The Morgan fingerprint density at radius 2 is 1.95 bits per heavy atom. The van der Waals surface area contributed by atoms with Crippen LogP contribution in [0, 0.1) is 6.92 Å². The summed E-state index contributed by atoms with van der Waals surface area (Å²) in [6, 6.07) is 8.15. The summed E-state index contributed by atoms with van der Waals surface area (Å²) >= 11 is 0. The highest BCUT2D eigenvalue weighted by Crippen LogP contribution is 2.28. The Bertz CT molecular complexity index is 591. The fourth-order valence-electron chi connectivity index (χ4n) is 2.63. The number of para-hydroxylation sites is 2. The van der Waals surface area contributed by atoms with Crippen LogP contribution in [0.1, 0.15) is 11.7 Å². The molecule has 1 saturated heterocycles. The molecule has 3 rings (SSSR count). The van der Waals surface area contributed by atoms with Gasteiger partial charge in [0.15, 0.2) is 5.82 Å². The highest BCUT2D eigenvalue weighted by Gasteiger charge is 2.20. The first-order valence-electron chi connectivity index (χ1n) is 7.16. The van der Waals surface area contributed by atoms with Gasteiger partial charge >= 0.3 is 0 Å². The Balaban J connectivity index is 1.60. The van der Waals surface area contributed by atoms with Crippen molar-refractivity contribution in [1.29, 1.82) is 0 Å². The van der Waals surface area contributed by atoms with E-state index < -0.39 is 0 Å². The number of anilines is 1. The molecule has 1 aromatic carbocycles. The normalized spacial score (nSPS) is 16.2. The minimum atomic E-state index is 0.692. The van der Waals surface area contributed by atoms with E-state index in [9.17, 15) is 0 Å². The molecule has 0 saturated carbocycles. The van der Waals surface area contributed by atoms with Gasteiger partial charge in [0.25, 0.3) is 0 Å². The van der Waals surface area contributed by atoms with Gasteiger partial charge in [-0.3, -0.25) is 4.90 Å². The molecule has 0 aliphatic carbocycles. The third-order valence-corrected chi connectivity index (χ3v) is 3.73. The molecular formula is C15H20N4O2. The Morgan fingerprint density at radius 1 is 1.19 bits per heavy atom. The summed E-state index contributed by atoms with van der Waals surface area (Å²) in [5.74, 6) is 2.31. The standard InChI is InChI=1S/C15H20N4O2/c1-12-16-15(21-17-12)11-18-7-9-19(10-8-18)13-5-3-4-6-14(13)20-2/h3-6H,7-11H2,1-2H3. The van der Waals surface area contributed by atoms with E-state index >= 15 is 0 Å². The van der Waals surface area contributed by atoms with E-state index in [0.717, 1.165) is 44.2 Å². The number of aromatic nitrogens is 2. The van der Waals surface area contributed by atoms with Crippen LogP contribution in [0.4, 0.5) is 5.69 Å². The molecule has 1 aliphatic rings. The fraction of sp³-hybridized carbons (Fsp3) is 0.467. The van der Waals surface area contributed by atoms with Crippen LogP contribution in [0.15, 0.2) is 28.8 Å². The zero-order valence-corrected chi connectivity index (χ0v) is 12.5. The maximum Gasteiger partial charge on any atom is 0.240 e. The number of ether oxygens (including phenoxy) is 1. The molecule has 6 nitrogen and oxygen atoms in total.